The molecule has 0 unspecified atom stereocenters. The highest BCUT2D eigenvalue weighted by atomic mass is 14.9. The Hall–Kier alpha value is -2.29. The predicted molar refractivity (Wildman–Crippen MR) is 81.4 cm³/mol. The van der Waals surface area contributed by atoms with Gasteiger partial charge in [-0.3, -0.25) is 0 Å². The topological polar surface area (TPSA) is 54.7 Å². The zero-order chi connectivity index (χ0) is 13.7. The van der Waals surface area contributed by atoms with Gasteiger partial charge in [0.15, 0.2) is 0 Å². The number of imidazole rings is 1. The number of para-hydroxylation sites is 2. The van der Waals surface area contributed by atoms with Crippen molar-refractivity contribution in [1.82, 2.24) is 9.97 Å². The molecule has 1 heterocycles. The van der Waals surface area contributed by atoms with Crippen LogP contribution in [-0.4, -0.2) is 9.97 Å². The third-order valence-corrected chi connectivity index (χ3v) is 2.83. The Kier molecular flexibility index (Phi) is 4.18. The molecule has 0 saturated carbocycles. The highest BCUT2D eigenvalue weighted by Crippen LogP contribution is 2.22. The van der Waals surface area contributed by atoms with Crippen LogP contribution in [0.5, 0.6) is 0 Å². The number of aromatic amines is 1. The molecule has 0 saturated heterocycles. The van der Waals surface area contributed by atoms with Crippen molar-refractivity contribution in [2.75, 3.05) is 0 Å². The van der Waals surface area contributed by atoms with E-state index in [1.807, 2.05) is 50.3 Å². The molecule has 0 radical (unpaired) electrons. The van der Waals surface area contributed by atoms with E-state index in [0.29, 0.717) is 0 Å². The van der Waals surface area contributed by atoms with Crippen molar-refractivity contribution in [1.29, 1.82) is 0 Å². The highest BCUT2D eigenvalue weighted by molar-refractivity contribution is 5.83. The Morgan fingerprint density at radius 3 is 2.79 bits per heavy atom. The number of H-pyrrole nitrogens is 1. The molecule has 98 valence electrons. The number of allylic oxidation sites excluding steroid dienone is 5. The van der Waals surface area contributed by atoms with Gasteiger partial charge in [0, 0.05) is 11.3 Å². The number of nitrogens with two attached hydrogens (primary N) is 1. The largest absolute Gasteiger partial charge is 0.398 e. The van der Waals surface area contributed by atoms with E-state index in [9.17, 15) is 0 Å². The average molecular weight is 253 g/mol. The van der Waals surface area contributed by atoms with E-state index in [4.69, 9.17) is 5.73 Å². The molecule has 2 aromatic rings. The maximum absolute atomic E-state index is 6.01. The van der Waals surface area contributed by atoms with Gasteiger partial charge in [-0.2, -0.15) is 0 Å². The van der Waals surface area contributed by atoms with Crippen molar-refractivity contribution in [2.45, 2.75) is 20.3 Å². The van der Waals surface area contributed by atoms with Crippen LogP contribution in [0.4, 0.5) is 0 Å². The first-order valence-electron chi connectivity index (χ1n) is 6.62. The third-order valence-electron chi connectivity index (χ3n) is 2.83. The molecule has 1 aromatic heterocycles. The first-order valence-corrected chi connectivity index (χ1v) is 6.62. The summed E-state index contributed by atoms with van der Waals surface area (Å²) in [6, 6.07) is 7.98. The number of nitrogens with one attached hydrogen (secondary N) is 1. The molecular formula is C16H19N3. The van der Waals surface area contributed by atoms with Crippen molar-refractivity contribution >= 4 is 16.6 Å². The van der Waals surface area contributed by atoms with E-state index in [1.54, 1.807) is 0 Å². The second kappa shape index (κ2) is 6.05. The van der Waals surface area contributed by atoms with E-state index in [-0.39, 0.29) is 0 Å². The van der Waals surface area contributed by atoms with Gasteiger partial charge in [-0.25, -0.2) is 4.98 Å². The van der Waals surface area contributed by atoms with E-state index in [1.165, 1.54) is 0 Å². The molecule has 0 bridgehead atoms. The zero-order valence-corrected chi connectivity index (χ0v) is 11.4. The minimum atomic E-state index is 0.748. The number of rotatable bonds is 1. The minimum absolute atomic E-state index is 0.748. The van der Waals surface area contributed by atoms with E-state index in [0.717, 1.165) is 34.5 Å². The predicted octanol–water partition coefficient (Wildman–Crippen LogP) is 3.78. The summed E-state index contributed by atoms with van der Waals surface area (Å²) in [7, 11) is 0. The zero-order valence-electron chi connectivity index (χ0n) is 11.4. The summed E-state index contributed by atoms with van der Waals surface area (Å²) in [5.74, 6) is 0.837. The van der Waals surface area contributed by atoms with Crippen molar-refractivity contribution in [3.05, 3.63) is 60.1 Å². The van der Waals surface area contributed by atoms with Gasteiger partial charge < -0.3 is 10.7 Å². The summed E-state index contributed by atoms with van der Waals surface area (Å²) in [6.45, 7) is 4.00. The summed E-state index contributed by atoms with van der Waals surface area (Å²) in [5, 5.41) is 0. The molecule has 3 N–H and O–H groups in total. The van der Waals surface area contributed by atoms with Gasteiger partial charge in [-0.05, 0) is 24.6 Å². The van der Waals surface area contributed by atoms with Crippen LogP contribution >= 0.6 is 0 Å². The van der Waals surface area contributed by atoms with Crippen LogP contribution in [0.25, 0.3) is 16.6 Å². The van der Waals surface area contributed by atoms with Crippen LogP contribution in [0, 0.1) is 0 Å². The molecule has 1 aliphatic carbocycles. The minimum Gasteiger partial charge on any atom is -0.398 e. The Bertz CT molecular complexity index is 612. The number of nitrogens with zero attached hydrogens (tertiary/aromatic N) is 1. The van der Waals surface area contributed by atoms with E-state index >= 15 is 0 Å². The van der Waals surface area contributed by atoms with E-state index < -0.39 is 0 Å². The maximum Gasteiger partial charge on any atom is 0.140 e. The van der Waals surface area contributed by atoms with Gasteiger partial charge >= 0.3 is 0 Å². The average Bonchev–Trinajstić information content (AvgIpc) is 2.76. The number of aromatic nitrogens is 2. The Balaban J connectivity index is 0.000000637. The standard InChI is InChI=1S/C14H13N3.C2H6/c15-11-7-3-1-2-6-10(11)14-16-12-8-4-5-9-13(12)17-14;1-2/h1,3-9H,2,15H2,(H,16,17);1-2H3. The van der Waals surface area contributed by atoms with Crippen molar-refractivity contribution < 1.29 is 0 Å². The monoisotopic (exact) mass is 253 g/mol. The number of hydrogen-bond acceptors (Lipinski definition) is 2. The lowest BCUT2D eigenvalue weighted by atomic mass is 10.1. The first kappa shape index (κ1) is 13.1. The molecule has 0 amide bonds. The second-order valence-electron chi connectivity index (χ2n) is 4.01. The fourth-order valence-electron chi connectivity index (χ4n) is 1.96. The maximum atomic E-state index is 6.01. The molecule has 3 rings (SSSR count). The lowest BCUT2D eigenvalue weighted by Gasteiger charge is -2.02. The molecule has 0 spiro atoms. The first-order chi connectivity index (χ1) is 9.34. The summed E-state index contributed by atoms with van der Waals surface area (Å²) >= 11 is 0. The second-order valence-corrected chi connectivity index (χ2v) is 4.01. The summed E-state index contributed by atoms with van der Waals surface area (Å²) < 4.78 is 0. The molecule has 0 aliphatic heterocycles. The number of hydrogen-bond donors (Lipinski definition) is 2. The van der Waals surface area contributed by atoms with Crippen LogP contribution in [0.1, 0.15) is 26.1 Å². The molecule has 3 heteroatoms. The molecule has 0 atom stereocenters. The van der Waals surface area contributed by atoms with Crippen LogP contribution in [-0.2, 0) is 0 Å². The fraction of sp³-hybridized carbons (Fsp3) is 0.188. The highest BCUT2D eigenvalue weighted by Gasteiger charge is 2.10. The molecule has 1 aliphatic rings. The molecule has 1 aromatic carbocycles. The van der Waals surface area contributed by atoms with Crippen LogP contribution in [0.15, 0.2) is 54.3 Å². The third kappa shape index (κ3) is 2.76. The lowest BCUT2D eigenvalue weighted by molar-refractivity contribution is 1.23. The van der Waals surface area contributed by atoms with Gasteiger partial charge in [0.1, 0.15) is 5.82 Å². The van der Waals surface area contributed by atoms with Gasteiger partial charge in [-0.1, -0.05) is 44.2 Å². The summed E-state index contributed by atoms with van der Waals surface area (Å²) in [6.07, 6.45) is 8.92. The summed E-state index contributed by atoms with van der Waals surface area (Å²) in [5.41, 5.74) is 9.74. The van der Waals surface area contributed by atoms with Crippen LogP contribution in [0.3, 0.4) is 0 Å². The Morgan fingerprint density at radius 2 is 2.00 bits per heavy atom. The van der Waals surface area contributed by atoms with E-state index in [2.05, 4.69) is 22.1 Å². The normalized spacial score (nSPS) is 14.2. The van der Waals surface area contributed by atoms with Crippen LogP contribution < -0.4 is 5.73 Å². The molecule has 0 fully saturated rings. The number of benzene rings is 1. The van der Waals surface area contributed by atoms with Crippen molar-refractivity contribution in [3.63, 3.8) is 0 Å². The fourth-order valence-corrected chi connectivity index (χ4v) is 1.96. The molecular weight excluding hydrogens is 234 g/mol. The Labute approximate surface area is 113 Å². The number of fused-ring (bicyclic) bond motifs is 1. The SMILES string of the molecule is CC.NC1=CC=CCC=C1c1nc2ccccc2[nH]1. The van der Waals surface area contributed by atoms with Crippen molar-refractivity contribution in [3.8, 4) is 0 Å². The van der Waals surface area contributed by atoms with Gasteiger partial charge in [0.05, 0.1) is 11.0 Å². The van der Waals surface area contributed by atoms with Gasteiger partial charge in [-0.15, -0.1) is 0 Å². The molecule has 3 nitrogen and oxygen atoms in total. The summed E-state index contributed by atoms with van der Waals surface area (Å²) in [4.78, 5) is 7.85. The van der Waals surface area contributed by atoms with Gasteiger partial charge in [0.25, 0.3) is 0 Å². The quantitative estimate of drug-likeness (QED) is 0.812. The van der Waals surface area contributed by atoms with Crippen molar-refractivity contribution in [2.24, 2.45) is 5.73 Å². The van der Waals surface area contributed by atoms with Gasteiger partial charge in [0.2, 0.25) is 0 Å². The Morgan fingerprint density at radius 1 is 1.21 bits per heavy atom. The smallest absolute Gasteiger partial charge is 0.140 e. The lowest BCUT2D eigenvalue weighted by Crippen LogP contribution is -2.01. The van der Waals surface area contributed by atoms with Crippen LogP contribution in [0.2, 0.25) is 0 Å². The molecule has 19 heavy (non-hydrogen) atoms.